The number of aliphatic hydroxyl groups is 1. The number of pyridine rings is 2. The number of ether oxygens (including phenoxy) is 2. The number of aromatic nitrogens is 2. The molecule has 0 aliphatic heterocycles. The zero-order valence-corrected chi connectivity index (χ0v) is 14.9. The van der Waals surface area contributed by atoms with Crippen molar-refractivity contribution in [2.75, 3.05) is 38.4 Å². The second-order valence-electron chi connectivity index (χ2n) is 4.94. The van der Waals surface area contributed by atoms with Gasteiger partial charge in [-0.15, -0.1) is 11.8 Å². The summed E-state index contributed by atoms with van der Waals surface area (Å²) in [6, 6.07) is 7.39. The first-order valence-electron chi connectivity index (χ1n) is 7.61. The fraction of sp³-hybridized carbons (Fsp3) is 0.294. The third kappa shape index (κ3) is 4.41. The number of nitriles is 2. The van der Waals surface area contributed by atoms with Gasteiger partial charge in [0.25, 0.3) is 0 Å². The van der Waals surface area contributed by atoms with E-state index in [0.29, 0.717) is 34.4 Å². The monoisotopic (exact) mass is 371 g/mol. The number of methoxy groups -OCH3 is 1. The highest BCUT2D eigenvalue weighted by Crippen LogP contribution is 2.35. The molecule has 0 spiro atoms. The summed E-state index contributed by atoms with van der Waals surface area (Å²) in [5.41, 5.74) is 7.03. The number of rotatable bonds is 8. The molecule has 2 rings (SSSR count). The zero-order valence-electron chi connectivity index (χ0n) is 14.1. The Labute approximate surface area is 155 Å². The molecule has 0 saturated carbocycles. The Morgan fingerprint density at radius 2 is 2.00 bits per heavy atom. The Bertz CT molecular complexity index is 843. The van der Waals surface area contributed by atoms with Crippen LogP contribution in [-0.4, -0.2) is 47.8 Å². The third-order valence-electron chi connectivity index (χ3n) is 3.29. The van der Waals surface area contributed by atoms with Gasteiger partial charge in [0.05, 0.1) is 30.7 Å². The van der Waals surface area contributed by atoms with Gasteiger partial charge in [-0.05, 0) is 12.1 Å². The minimum Gasteiger partial charge on any atom is -0.490 e. The van der Waals surface area contributed by atoms with E-state index in [1.54, 1.807) is 19.2 Å². The molecule has 0 saturated heterocycles. The highest BCUT2D eigenvalue weighted by atomic mass is 32.2. The maximum absolute atomic E-state index is 9.63. The number of hydrogen-bond donors (Lipinski definition) is 2. The van der Waals surface area contributed by atoms with E-state index in [9.17, 15) is 10.5 Å². The van der Waals surface area contributed by atoms with Crippen LogP contribution in [0.4, 0.5) is 5.82 Å². The molecule has 2 heterocycles. The van der Waals surface area contributed by atoms with E-state index in [0.717, 1.165) is 0 Å². The first kappa shape index (κ1) is 19.5. The van der Waals surface area contributed by atoms with Crippen LogP contribution in [0.25, 0.3) is 11.3 Å². The Morgan fingerprint density at radius 3 is 2.58 bits per heavy atom. The summed E-state index contributed by atoms with van der Waals surface area (Å²) in [6.07, 6.45) is 1.46. The summed E-state index contributed by atoms with van der Waals surface area (Å²) in [5.74, 6) is 1.10. The lowest BCUT2D eigenvalue weighted by Gasteiger charge is -2.12. The van der Waals surface area contributed by atoms with Gasteiger partial charge >= 0.3 is 0 Å². The predicted molar refractivity (Wildman–Crippen MR) is 96.5 cm³/mol. The molecule has 9 heteroatoms. The average Bonchev–Trinajstić information content (AvgIpc) is 2.66. The van der Waals surface area contributed by atoms with Crippen molar-refractivity contribution in [2.24, 2.45) is 0 Å². The number of thioether (sulfide) groups is 1. The summed E-state index contributed by atoms with van der Waals surface area (Å²) < 4.78 is 10.3. The summed E-state index contributed by atoms with van der Waals surface area (Å²) in [5, 5.41) is 28.3. The molecule has 0 atom stereocenters. The van der Waals surface area contributed by atoms with Gasteiger partial charge in [-0.25, -0.2) is 4.98 Å². The van der Waals surface area contributed by atoms with Gasteiger partial charge in [0, 0.05) is 18.4 Å². The maximum Gasteiger partial charge on any atom is 0.143 e. The summed E-state index contributed by atoms with van der Waals surface area (Å²) in [4.78, 5) is 8.46. The number of aliphatic hydroxyl groups excluding tert-OH is 1. The highest BCUT2D eigenvalue weighted by Gasteiger charge is 2.21. The van der Waals surface area contributed by atoms with Crippen molar-refractivity contribution < 1.29 is 14.6 Å². The molecule has 0 aromatic carbocycles. The van der Waals surface area contributed by atoms with Gasteiger partial charge in [0.2, 0.25) is 0 Å². The van der Waals surface area contributed by atoms with Crippen LogP contribution in [0.1, 0.15) is 11.1 Å². The Balaban J connectivity index is 2.51. The van der Waals surface area contributed by atoms with Crippen molar-refractivity contribution in [1.82, 2.24) is 9.97 Å². The third-order valence-corrected chi connectivity index (χ3v) is 4.23. The van der Waals surface area contributed by atoms with Gasteiger partial charge in [-0.2, -0.15) is 10.5 Å². The van der Waals surface area contributed by atoms with Crippen molar-refractivity contribution >= 4 is 17.6 Å². The molecule has 2 aromatic rings. The van der Waals surface area contributed by atoms with Crippen LogP contribution in [-0.2, 0) is 4.74 Å². The number of nitrogen functional groups attached to an aromatic ring is 1. The quantitative estimate of drug-likeness (QED) is 0.523. The van der Waals surface area contributed by atoms with Gasteiger partial charge in [-0.3, -0.25) is 4.98 Å². The first-order valence-corrected chi connectivity index (χ1v) is 8.60. The van der Waals surface area contributed by atoms with Crippen LogP contribution in [0.15, 0.2) is 23.4 Å². The Hall–Kier alpha value is -2.85. The molecule has 26 heavy (non-hydrogen) atoms. The number of anilines is 1. The number of nitrogens with zero attached hydrogens (tertiary/aromatic N) is 4. The molecule has 8 nitrogen and oxygen atoms in total. The first-order chi connectivity index (χ1) is 12.7. The molecule has 0 radical (unpaired) electrons. The molecule has 2 aromatic heterocycles. The molecular weight excluding hydrogens is 354 g/mol. The van der Waals surface area contributed by atoms with Crippen molar-refractivity contribution in [3.05, 3.63) is 29.5 Å². The average molecular weight is 371 g/mol. The van der Waals surface area contributed by atoms with Crippen molar-refractivity contribution in [2.45, 2.75) is 5.03 Å². The summed E-state index contributed by atoms with van der Waals surface area (Å²) in [7, 11) is 1.59. The fourth-order valence-electron chi connectivity index (χ4n) is 2.16. The van der Waals surface area contributed by atoms with Crippen LogP contribution >= 0.6 is 11.8 Å². The van der Waals surface area contributed by atoms with Crippen LogP contribution in [0.2, 0.25) is 0 Å². The van der Waals surface area contributed by atoms with E-state index in [1.807, 2.05) is 6.07 Å². The van der Waals surface area contributed by atoms with Crippen LogP contribution in [0, 0.1) is 22.7 Å². The molecule has 3 N–H and O–H groups in total. The Kier molecular flexibility index (Phi) is 7.18. The minimum atomic E-state index is -0.109. The van der Waals surface area contributed by atoms with E-state index in [4.69, 9.17) is 20.3 Å². The van der Waals surface area contributed by atoms with Gasteiger partial charge < -0.3 is 20.3 Å². The SMILES string of the molecule is COCCSc1nc(N)c(C#N)c(-c2ccc(OCCO)cn2)c1C#N. The molecule has 0 unspecified atom stereocenters. The minimum absolute atomic E-state index is 0.0452. The van der Waals surface area contributed by atoms with Crippen molar-refractivity contribution in [3.63, 3.8) is 0 Å². The Morgan fingerprint density at radius 1 is 1.23 bits per heavy atom. The lowest BCUT2D eigenvalue weighted by atomic mass is 10.0. The second-order valence-corrected chi connectivity index (χ2v) is 6.03. The zero-order chi connectivity index (χ0) is 18.9. The molecule has 134 valence electrons. The fourth-order valence-corrected chi connectivity index (χ4v) is 3.06. The van der Waals surface area contributed by atoms with E-state index in [-0.39, 0.29) is 30.2 Å². The van der Waals surface area contributed by atoms with Gasteiger partial charge in [0.15, 0.2) is 0 Å². The van der Waals surface area contributed by atoms with E-state index in [1.165, 1.54) is 18.0 Å². The van der Waals surface area contributed by atoms with Gasteiger partial charge in [-0.1, -0.05) is 0 Å². The summed E-state index contributed by atoms with van der Waals surface area (Å²) >= 11 is 1.32. The van der Waals surface area contributed by atoms with E-state index in [2.05, 4.69) is 16.0 Å². The van der Waals surface area contributed by atoms with E-state index >= 15 is 0 Å². The smallest absolute Gasteiger partial charge is 0.143 e. The standard InChI is InChI=1S/C17H17N5O3S/c1-24-6-7-26-17-13(9-19)15(12(8-18)16(20)22-17)14-3-2-11(10-21-14)25-5-4-23/h2-3,10,23H,4-7H2,1H3,(H2,20,22). The van der Waals surface area contributed by atoms with E-state index < -0.39 is 0 Å². The topological polar surface area (TPSA) is 138 Å². The number of nitrogens with two attached hydrogens (primary N) is 1. The van der Waals surface area contributed by atoms with Crippen LogP contribution < -0.4 is 10.5 Å². The maximum atomic E-state index is 9.63. The second kappa shape index (κ2) is 9.59. The van der Waals surface area contributed by atoms with Crippen molar-refractivity contribution in [3.8, 4) is 29.1 Å². The van der Waals surface area contributed by atoms with Gasteiger partial charge in [0.1, 0.15) is 40.9 Å². The lowest BCUT2D eigenvalue weighted by molar-refractivity contribution is 0.201. The largest absolute Gasteiger partial charge is 0.490 e. The predicted octanol–water partition coefficient (Wildman–Crippen LogP) is 1.58. The lowest BCUT2D eigenvalue weighted by Crippen LogP contribution is -2.05. The molecule has 0 aliphatic rings. The molecule has 0 amide bonds. The van der Waals surface area contributed by atoms with Crippen LogP contribution in [0.3, 0.4) is 0 Å². The molecule has 0 bridgehead atoms. The molecule has 0 fully saturated rings. The molecular formula is C17H17N5O3S. The normalized spacial score (nSPS) is 10.2. The number of hydrogen-bond acceptors (Lipinski definition) is 9. The van der Waals surface area contributed by atoms with Crippen LogP contribution in [0.5, 0.6) is 5.75 Å². The summed E-state index contributed by atoms with van der Waals surface area (Å²) in [6.45, 7) is 0.528. The highest BCUT2D eigenvalue weighted by molar-refractivity contribution is 7.99. The molecule has 0 aliphatic carbocycles. The van der Waals surface area contributed by atoms with Crippen molar-refractivity contribution in [1.29, 1.82) is 10.5 Å².